The summed E-state index contributed by atoms with van der Waals surface area (Å²) in [7, 11) is 0. The van der Waals surface area contributed by atoms with E-state index in [4.69, 9.17) is 0 Å². The molecule has 0 saturated heterocycles. The van der Waals surface area contributed by atoms with Gasteiger partial charge < -0.3 is 10.3 Å². The number of hydrogen-bond donors (Lipinski definition) is 2. The van der Waals surface area contributed by atoms with Crippen molar-refractivity contribution < 1.29 is 13.6 Å². The Kier molecular flexibility index (Phi) is 6.01. The average molecular weight is 434 g/mol. The molecular weight excluding hydrogens is 416 g/mol. The first-order valence-electron chi connectivity index (χ1n) is 8.47. The fourth-order valence-corrected chi connectivity index (χ4v) is 2.97. The first-order valence-corrected chi connectivity index (χ1v) is 9.26. The number of aromatic nitrogens is 2. The van der Waals surface area contributed by atoms with Crippen molar-refractivity contribution in [1.29, 1.82) is 0 Å². The number of nitrogens with zero attached hydrogens (tertiary/aromatic N) is 1. The molecule has 2 N–H and O–H groups in total. The van der Waals surface area contributed by atoms with Crippen LogP contribution in [0.5, 0.6) is 0 Å². The fraction of sp³-hybridized carbons (Fsp3) is 0.200. The van der Waals surface area contributed by atoms with Crippen LogP contribution in [0.25, 0.3) is 11.3 Å². The number of hydrogen-bond acceptors (Lipinski definition) is 2. The Bertz CT molecular complexity index is 941. The molecule has 0 radical (unpaired) electrons. The maximum atomic E-state index is 13.6. The van der Waals surface area contributed by atoms with Gasteiger partial charge in [-0.05, 0) is 42.7 Å². The van der Waals surface area contributed by atoms with Gasteiger partial charge in [-0.25, -0.2) is 13.8 Å². The first kappa shape index (κ1) is 19.2. The lowest BCUT2D eigenvalue weighted by Gasteiger charge is -2.12. The highest BCUT2D eigenvalue weighted by molar-refractivity contribution is 9.10. The van der Waals surface area contributed by atoms with Gasteiger partial charge in [0.1, 0.15) is 5.82 Å². The molecule has 1 amide bonds. The van der Waals surface area contributed by atoms with Crippen LogP contribution in [0.3, 0.4) is 0 Å². The van der Waals surface area contributed by atoms with E-state index >= 15 is 0 Å². The van der Waals surface area contributed by atoms with E-state index in [9.17, 15) is 13.6 Å². The van der Waals surface area contributed by atoms with E-state index in [1.54, 1.807) is 6.20 Å². The van der Waals surface area contributed by atoms with Gasteiger partial charge in [0, 0.05) is 10.9 Å². The molecule has 3 aromatic rings. The molecular formula is C20H18BrF2N3O. The highest BCUT2D eigenvalue weighted by Crippen LogP contribution is 2.21. The molecule has 2 aromatic carbocycles. The van der Waals surface area contributed by atoms with Crippen LogP contribution in [0.1, 0.15) is 30.8 Å². The molecule has 0 fully saturated rings. The molecule has 3 rings (SSSR count). The van der Waals surface area contributed by atoms with Crippen LogP contribution in [0.4, 0.5) is 8.78 Å². The van der Waals surface area contributed by atoms with Gasteiger partial charge in [-0.3, -0.25) is 4.79 Å². The van der Waals surface area contributed by atoms with Crippen LogP contribution in [-0.4, -0.2) is 15.9 Å². The summed E-state index contributed by atoms with van der Waals surface area (Å²) < 4.78 is 27.8. The Hall–Kier alpha value is -2.54. The standard InChI is InChI=1S/C20H18BrF2N3O/c1-12(20-24-11-17(26-20)13-5-8-15(21)9-6-13)25-18(27)10-7-14-3-2-4-16(22)19(14)23/h2-6,8-9,11-12H,7,10H2,1H3,(H,24,26)(H,25,27)/t12-/m1/s1. The van der Waals surface area contributed by atoms with Crippen molar-refractivity contribution in [2.75, 3.05) is 0 Å². The highest BCUT2D eigenvalue weighted by Gasteiger charge is 2.15. The number of halogens is 3. The van der Waals surface area contributed by atoms with Gasteiger partial charge in [-0.15, -0.1) is 0 Å². The Morgan fingerprint density at radius 1 is 1.22 bits per heavy atom. The molecule has 0 saturated carbocycles. The zero-order chi connectivity index (χ0) is 19.4. The van der Waals surface area contributed by atoms with Crippen LogP contribution in [-0.2, 0) is 11.2 Å². The number of amides is 1. The number of aromatic amines is 1. The van der Waals surface area contributed by atoms with Crippen LogP contribution in [0.2, 0.25) is 0 Å². The van der Waals surface area contributed by atoms with Crippen molar-refractivity contribution in [3.63, 3.8) is 0 Å². The summed E-state index contributed by atoms with van der Waals surface area (Å²) in [5, 5.41) is 2.82. The lowest BCUT2D eigenvalue weighted by molar-refractivity contribution is -0.121. The van der Waals surface area contributed by atoms with Gasteiger partial charge in [0.05, 0.1) is 17.9 Å². The lowest BCUT2D eigenvalue weighted by atomic mass is 10.1. The Balaban J connectivity index is 1.58. The van der Waals surface area contributed by atoms with Crippen LogP contribution in [0, 0.1) is 11.6 Å². The van der Waals surface area contributed by atoms with E-state index in [0.29, 0.717) is 5.82 Å². The first-order chi connectivity index (χ1) is 12.9. The molecule has 1 atom stereocenters. The van der Waals surface area contributed by atoms with Gasteiger partial charge in [0.15, 0.2) is 11.6 Å². The number of carbonyl (C=O) groups is 1. The zero-order valence-electron chi connectivity index (χ0n) is 14.6. The van der Waals surface area contributed by atoms with E-state index in [1.807, 2.05) is 31.2 Å². The third-order valence-corrected chi connectivity index (χ3v) is 4.72. The molecule has 1 aromatic heterocycles. The number of rotatable bonds is 6. The molecule has 27 heavy (non-hydrogen) atoms. The monoisotopic (exact) mass is 433 g/mol. The molecule has 1 heterocycles. The van der Waals surface area contributed by atoms with Gasteiger partial charge in [0.2, 0.25) is 5.91 Å². The van der Waals surface area contributed by atoms with Crippen molar-refractivity contribution in [3.05, 3.63) is 76.2 Å². The summed E-state index contributed by atoms with van der Waals surface area (Å²) in [5.74, 6) is -1.44. The molecule has 4 nitrogen and oxygen atoms in total. The second-order valence-electron chi connectivity index (χ2n) is 6.19. The Morgan fingerprint density at radius 2 is 1.96 bits per heavy atom. The average Bonchev–Trinajstić information content (AvgIpc) is 3.14. The number of H-pyrrole nitrogens is 1. The summed E-state index contributed by atoms with van der Waals surface area (Å²) in [5.41, 5.74) is 2.02. The van der Waals surface area contributed by atoms with Crippen molar-refractivity contribution in [1.82, 2.24) is 15.3 Å². The minimum absolute atomic E-state index is 0.0605. The lowest BCUT2D eigenvalue weighted by Crippen LogP contribution is -2.27. The second-order valence-corrected chi connectivity index (χ2v) is 7.11. The summed E-state index contributed by atoms with van der Waals surface area (Å²) in [4.78, 5) is 19.7. The summed E-state index contributed by atoms with van der Waals surface area (Å²) in [6, 6.07) is 11.4. The van der Waals surface area contributed by atoms with Gasteiger partial charge in [-0.2, -0.15) is 0 Å². The number of nitrogens with one attached hydrogen (secondary N) is 2. The largest absolute Gasteiger partial charge is 0.346 e. The summed E-state index contributed by atoms with van der Waals surface area (Å²) >= 11 is 3.40. The van der Waals surface area contributed by atoms with Gasteiger partial charge in [0.25, 0.3) is 0 Å². The van der Waals surface area contributed by atoms with Crippen LogP contribution in [0.15, 0.2) is 53.1 Å². The molecule has 0 aliphatic rings. The summed E-state index contributed by atoms with van der Waals surface area (Å²) in [6.07, 6.45) is 1.90. The number of imidazole rings is 1. The molecule has 140 valence electrons. The maximum absolute atomic E-state index is 13.6. The number of carbonyl (C=O) groups excluding carboxylic acids is 1. The predicted octanol–water partition coefficient (Wildman–Crippen LogP) is 4.93. The van der Waals surface area contributed by atoms with Crippen molar-refractivity contribution in [3.8, 4) is 11.3 Å². The van der Waals surface area contributed by atoms with E-state index in [1.165, 1.54) is 12.1 Å². The van der Waals surface area contributed by atoms with Crippen molar-refractivity contribution in [2.24, 2.45) is 0 Å². The Morgan fingerprint density at radius 3 is 2.70 bits per heavy atom. The van der Waals surface area contributed by atoms with Crippen molar-refractivity contribution in [2.45, 2.75) is 25.8 Å². The smallest absolute Gasteiger partial charge is 0.220 e. The predicted molar refractivity (Wildman–Crippen MR) is 103 cm³/mol. The minimum Gasteiger partial charge on any atom is -0.346 e. The maximum Gasteiger partial charge on any atom is 0.220 e. The fourth-order valence-electron chi connectivity index (χ4n) is 2.70. The summed E-state index contributed by atoms with van der Waals surface area (Å²) in [6.45, 7) is 1.81. The topological polar surface area (TPSA) is 57.8 Å². The third kappa shape index (κ3) is 4.80. The molecule has 0 aliphatic carbocycles. The third-order valence-electron chi connectivity index (χ3n) is 4.19. The number of benzene rings is 2. The Labute approximate surface area is 164 Å². The highest BCUT2D eigenvalue weighted by atomic mass is 79.9. The number of aryl methyl sites for hydroxylation is 1. The second kappa shape index (κ2) is 8.43. The van der Waals surface area contributed by atoms with Crippen molar-refractivity contribution >= 4 is 21.8 Å². The van der Waals surface area contributed by atoms with E-state index in [-0.39, 0.29) is 30.4 Å². The molecule has 0 unspecified atom stereocenters. The zero-order valence-corrected chi connectivity index (χ0v) is 16.2. The molecule has 0 aliphatic heterocycles. The van der Waals surface area contributed by atoms with Crippen LogP contribution < -0.4 is 5.32 Å². The van der Waals surface area contributed by atoms with E-state index in [0.717, 1.165) is 21.8 Å². The molecule has 0 bridgehead atoms. The van der Waals surface area contributed by atoms with Gasteiger partial charge in [-0.1, -0.05) is 40.2 Å². The quantitative estimate of drug-likeness (QED) is 0.578. The molecule has 0 spiro atoms. The normalized spacial score (nSPS) is 12.0. The SMILES string of the molecule is C[C@@H](NC(=O)CCc1cccc(F)c1F)c1ncc(-c2ccc(Br)cc2)[nH]1. The van der Waals surface area contributed by atoms with Crippen LogP contribution >= 0.6 is 15.9 Å². The minimum atomic E-state index is -0.905. The molecule has 7 heteroatoms. The van der Waals surface area contributed by atoms with E-state index in [2.05, 4.69) is 31.2 Å². The van der Waals surface area contributed by atoms with Gasteiger partial charge >= 0.3 is 0 Å². The van der Waals surface area contributed by atoms with E-state index < -0.39 is 11.6 Å².